The van der Waals surface area contributed by atoms with E-state index < -0.39 is 0 Å². The lowest BCUT2D eigenvalue weighted by atomic mass is 10.1. The van der Waals surface area contributed by atoms with Gasteiger partial charge in [0.2, 0.25) is 5.13 Å². The SMILES string of the molecule is O=C(Nc1nnc(Cc2cccc(F)c2)s1)N1CCCC1c1nc(-c2ccccc2)n[nH]1. The summed E-state index contributed by atoms with van der Waals surface area (Å²) in [5.41, 5.74) is 1.72. The molecule has 4 aromatic rings. The van der Waals surface area contributed by atoms with Crippen molar-refractivity contribution >= 4 is 22.5 Å². The topological polar surface area (TPSA) is 99.7 Å². The van der Waals surface area contributed by atoms with Crippen molar-refractivity contribution in [3.05, 3.63) is 76.8 Å². The van der Waals surface area contributed by atoms with Crippen LogP contribution in [0, 0.1) is 5.82 Å². The van der Waals surface area contributed by atoms with Gasteiger partial charge in [0, 0.05) is 18.5 Å². The molecular formula is C22H20FN7OS. The third-order valence-electron chi connectivity index (χ3n) is 5.29. The highest BCUT2D eigenvalue weighted by Gasteiger charge is 2.33. The van der Waals surface area contributed by atoms with Crippen LogP contribution in [0.1, 0.15) is 35.3 Å². The molecule has 0 bridgehead atoms. The molecule has 3 heterocycles. The third-order valence-corrected chi connectivity index (χ3v) is 6.13. The largest absolute Gasteiger partial charge is 0.324 e. The second-order valence-electron chi connectivity index (χ2n) is 7.50. The van der Waals surface area contributed by atoms with E-state index in [1.54, 1.807) is 11.0 Å². The fourth-order valence-electron chi connectivity index (χ4n) is 3.79. The maximum Gasteiger partial charge on any atom is 0.324 e. The monoisotopic (exact) mass is 449 g/mol. The average molecular weight is 450 g/mol. The van der Waals surface area contributed by atoms with E-state index in [4.69, 9.17) is 0 Å². The van der Waals surface area contributed by atoms with Crippen LogP contribution in [0.3, 0.4) is 0 Å². The zero-order valence-electron chi connectivity index (χ0n) is 17.0. The van der Waals surface area contributed by atoms with E-state index in [1.807, 2.05) is 36.4 Å². The van der Waals surface area contributed by atoms with Crippen molar-refractivity contribution in [3.63, 3.8) is 0 Å². The van der Waals surface area contributed by atoms with Crippen LogP contribution >= 0.6 is 11.3 Å². The number of hydrogen-bond acceptors (Lipinski definition) is 6. The number of aromatic amines is 1. The summed E-state index contributed by atoms with van der Waals surface area (Å²) < 4.78 is 13.4. The van der Waals surface area contributed by atoms with Gasteiger partial charge >= 0.3 is 6.03 Å². The molecule has 1 fully saturated rings. The van der Waals surface area contributed by atoms with Gasteiger partial charge < -0.3 is 4.90 Å². The number of rotatable bonds is 5. The Balaban J connectivity index is 1.26. The summed E-state index contributed by atoms with van der Waals surface area (Å²) in [7, 11) is 0. The first-order valence-electron chi connectivity index (χ1n) is 10.3. The summed E-state index contributed by atoms with van der Waals surface area (Å²) >= 11 is 1.28. The Labute approximate surface area is 187 Å². The quantitative estimate of drug-likeness (QED) is 0.470. The zero-order chi connectivity index (χ0) is 21.9. The number of carbonyl (C=O) groups is 1. The summed E-state index contributed by atoms with van der Waals surface area (Å²) in [4.78, 5) is 19.3. The van der Waals surface area contributed by atoms with Crippen molar-refractivity contribution in [2.75, 3.05) is 11.9 Å². The van der Waals surface area contributed by atoms with Crippen molar-refractivity contribution in [3.8, 4) is 11.4 Å². The van der Waals surface area contributed by atoms with Gasteiger partial charge in [-0.2, -0.15) is 5.10 Å². The normalized spacial score (nSPS) is 15.8. The highest BCUT2D eigenvalue weighted by molar-refractivity contribution is 7.15. The van der Waals surface area contributed by atoms with Crippen LogP contribution in [0.2, 0.25) is 0 Å². The summed E-state index contributed by atoms with van der Waals surface area (Å²) in [5.74, 6) is 0.989. The smallest absolute Gasteiger partial charge is 0.314 e. The molecule has 162 valence electrons. The summed E-state index contributed by atoms with van der Waals surface area (Å²) in [6.07, 6.45) is 2.14. The number of carbonyl (C=O) groups excluding carboxylic acids is 1. The first-order chi connectivity index (χ1) is 15.7. The van der Waals surface area contributed by atoms with Crippen LogP contribution in [0.25, 0.3) is 11.4 Å². The minimum atomic E-state index is -0.288. The van der Waals surface area contributed by atoms with Crippen LogP contribution < -0.4 is 5.32 Å². The maximum absolute atomic E-state index is 13.4. The van der Waals surface area contributed by atoms with E-state index in [2.05, 4.69) is 30.7 Å². The number of amides is 2. The molecule has 2 N–H and O–H groups in total. The van der Waals surface area contributed by atoms with Gasteiger partial charge in [0.15, 0.2) is 5.82 Å². The number of aromatic nitrogens is 5. The summed E-state index contributed by atoms with van der Waals surface area (Å²) in [6.45, 7) is 0.618. The second-order valence-corrected chi connectivity index (χ2v) is 8.56. The first kappa shape index (κ1) is 20.3. The number of nitrogens with zero attached hydrogens (tertiary/aromatic N) is 5. The molecule has 0 spiro atoms. The number of anilines is 1. The molecule has 0 radical (unpaired) electrons. The van der Waals surface area contributed by atoms with Gasteiger partial charge in [-0.15, -0.1) is 10.2 Å². The van der Waals surface area contributed by atoms with Crippen molar-refractivity contribution in [2.45, 2.75) is 25.3 Å². The standard InChI is InChI=1S/C22H20FN7OS/c23-16-9-4-6-14(12-16)13-18-26-29-21(32-18)25-22(31)30-11-5-10-17(30)20-24-19(27-28-20)15-7-2-1-3-8-15/h1-4,6-9,12,17H,5,10-11,13H2,(H,24,27,28)(H,25,29,31). The van der Waals surface area contributed by atoms with Gasteiger partial charge in [0.1, 0.15) is 16.6 Å². The molecule has 1 aliphatic heterocycles. The number of hydrogen-bond donors (Lipinski definition) is 2. The van der Waals surface area contributed by atoms with E-state index in [0.29, 0.717) is 34.8 Å². The van der Waals surface area contributed by atoms with Crippen LogP contribution in [-0.2, 0) is 6.42 Å². The van der Waals surface area contributed by atoms with Gasteiger partial charge in [0.05, 0.1) is 6.04 Å². The molecule has 32 heavy (non-hydrogen) atoms. The van der Waals surface area contributed by atoms with E-state index >= 15 is 0 Å². The third kappa shape index (κ3) is 4.35. The van der Waals surface area contributed by atoms with E-state index in [1.165, 1.54) is 23.5 Å². The number of benzene rings is 2. The highest BCUT2D eigenvalue weighted by Crippen LogP contribution is 2.31. The predicted octanol–water partition coefficient (Wildman–Crippen LogP) is 4.42. The number of nitrogens with one attached hydrogen (secondary N) is 2. The minimum Gasteiger partial charge on any atom is -0.314 e. The van der Waals surface area contributed by atoms with Crippen LogP contribution in [0.5, 0.6) is 0 Å². The molecule has 2 aromatic heterocycles. The minimum absolute atomic E-state index is 0.181. The number of urea groups is 1. The average Bonchev–Trinajstić information content (AvgIpc) is 3.55. The molecule has 1 aliphatic rings. The van der Waals surface area contributed by atoms with Crippen molar-refractivity contribution in [1.82, 2.24) is 30.3 Å². The Hall–Kier alpha value is -3.66. The second kappa shape index (κ2) is 8.83. The van der Waals surface area contributed by atoms with E-state index in [-0.39, 0.29) is 17.9 Å². The van der Waals surface area contributed by atoms with Gasteiger partial charge in [-0.1, -0.05) is 53.8 Å². The van der Waals surface area contributed by atoms with Gasteiger partial charge in [-0.3, -0.25) is 10.4 Å². The Kier molecular flexibility index (Phi) is 5.59. The maximum atomic E-state index is 13.4. The molecule has 1 atom stereocenters. The predicted molar refractivity (Wildman–Crippen MR) is 119 cm³/mol. The lowest BCUT2D eigenvalue weighted by Crippen LogP contribution is -2.34. The molecular weight excluding hydrogens is 429 g/mol. The lowest BCUT2D eigenvalue weighted by molar-refractivity contribution is 0.205. The van der Waals surface area contributed by atoms with Crippen molar-refractivity contribution in [1.29, 1.82) is 0 Å². The van der Waals surface area contributed by atoms with Gasteiger partial charge in [0.25, 0.3) is 0 Å². The van der Waals surface area contributed by atoms with Gasteiger partial charge in [-0.25, -0.2) is 14.2 Å². The number of likely N-dealkylation sites (tertiary alicyclic amines) is 1. The molecule has 5 rings (SSSR count). The van der Waals surface area contributed by atoms with E-state index in [9.17, 15) is 9.18 Å². The molecule has 8 nitrogen and oxygen atoms in total. The fourth-order valence-corrected chi connectivity index (χ4v) is 4.56. The highest BCUT2D eigenvalue weighted by atomic mass is 32.1. The Morgan fingerprint density at radius 2 is 2.06 bits per heavy atom. The molecule has 1 saturated heterocycles. The van der Waals surface area contributed by atoms with Crippen LogP contribution in [-0.4, -0.2) is 42.9 Å². The Morgan fingerprint density at radius 3 is 2.91 bits per heavy atom. The van der Waals surface area contributed by atoms with Crippen molar-refractivity contribution < 1.29 is 9.18 Å². The summed E-state index contributed by atoms with van der Waals surface area (Å²) in [5, 5.41) is 19.4. The van der Waals surface area contributed by atoms with E-state index in [0.717, 1.165) is 24.0 Å². The molecule has 1 unspecified atom stereocenters. The molecule has 0 saturated carbocycles. The molecule has 2 aromatic carbocycles. The summed E-state index contributed by atoms with van der Waals surface area (Å²) in [6, 6.07) is 15.6. The number of halogens is 1. The Morgan fingerprint density at radius 1 is 1.19 bits per heavy atom. The molecule has 2 amide bonds. The first-order valence-corrected chi connectivity index (χ1v) is 11.1. The van der Waals surface area contributed by atoms with Crippen LogP contribution in [0.4, 0.5) is 14.3 Å². The van der Waals surface area contributed by atoms with Gasteiger partial charge in [-0.05, 0) is 30.5 Å². The molecule has 10 heteroatoms. The van der Waals surface area contributed by atoms with Crippen LogP contribution in [0.15, 0.2) is 54.6 Å². The number of H-pyrrole nitrogens is 1. The fraction of sp³-hybridized carbons (Fsp3) is 0.227. The zero-order valence-corrected chi connectivity index (χ0v) is 17.8. The Bertz CT molecular complexity index is 1230. The molecule has 0 aliphatic carbocycles. The van der Waals surface area contributed by atoms with Crippen molar-refractivity contribution in [2.24, 2.45) is 0 Å². The lowest BCUT2D eigenvalue weighted by Gasteiger charge is -2.22.